The molecular weight excluding hydrogens is 304 g/mol. The summed E-state index contributed by atoms with van der Waals surface area (Å²) in [6.07, 6.45) is 10.9. The van der Waals surface area contributed by atoms with E-state index in [4.69, 9.17) is 9.47 Å². The van der Waals surface area contributed by atoms with Gasteiger partial charge in [0.25, 0.3) is 0 Å². The fourth-order valence-corrected chi connectivity index (χ4v) is 3.69. The Labute approximate surface area is 144 Å². The molecule has 0 aromatic carbocycles. The molecule has 1 aliphatic carbocycles. The van der Waals surface area contributed by atoms with Gasteiger partial charge < -0.3 is 14.4 Å². The van der Waals surface area contributed by atoms with Crippen LogP contribution in [0.3, 0.4) is 0 Å². The van der Waals surface area contributed by atoms with Crippen LogP contribution in [0.25, 0.3) is 0 Å². The lowest BCUT2D eigenvalue weighted by molar-refractivity contribution is -0.0395. The Balaban J connectivity index is 1.57. The third-order valence-corrected chi connectivity index (χ3v) is 4.96. The number of piperidine rings is 1. The highest BCUT2D eigenvalue weighted by Gasteiger charge is 2.26. The summed E-state index contributed by atoms with van der Waals surface area (Å²) >= 11 is 0. The smallest absolute Gasteiger partial charge is 0.341 e. The van der Waals surface area contributed by atoms with Crippen LogP contribution in [0, 0.1) is 0 Å². The van der Waals surface area contributed by atoms with Gasteiger partial charge in [0.15, 0.2) is 0 Å². The lowest BCUT2D eigenvalue weighted by Crippen LogP contribution is -2.40. The highest BCUT2D eigenvalue weighted by atomic mass is 16.5. The van der Waals surface area contributed by atoms with Crippen LogP contribution in [0.5, 0.6) is 0 Å². The van der Waals surface area contributed by atoms with Crippen LogP contribution in [0.4, 0.5) is 5.82 Å². The van der Waals surface area contributed by atoms with Gasteiger partial charge in [-0.2, -0.15) is 0 Å². The first-order valence-corrected chi connectivity index (χ1v) is 9.30. The van der Waals surface area contributed by atoms with Crippen LogP contribution in [0.15, 0.2) is 18.3 Å². The molecule has 0 radical (unpaired) electrons. The molecule has 0 bridgehead atoms. The maximum absolute atomic E-state index is 12.1. The maximum Gasteiger partial charge on any atom is 0.341 e. The predicted molar refractivity (Wildman–Crippen MR) is 93.4 cm³/mol. The first-order valence-electron chi connectivity index (χ1n) is 9.30. The monoisotopic (exact) mass is 332 g/mol. The van der Waals surface area contributed by atoms with Crippen molar-refractivity contribution in [1.82, 2.24) is 4.98 Å². The number of carbonyl (C=O) groups is 1. The Morgan fingerprint density at radius 3 is 2.58 bits per heavy atom. The van der Waals surface area contributed by atoms with Gasteiger partial charge in [-0.3, -0.25) is 0 Å². The molecule has 1 aromatic rings. The Bertz CT molecular complexity index is 535. The molecular formula is C19H28N2O3. The standard InChI is InChI=1S/C19H28N2O3/c1-2-23-19(22)17-9-6-12-20-18(17)21-13-10-16(11-14-21)24-15-7-4-3-5-8-15/h6,9,12,15-16H,2-5,7-8,10-11,13-14H2,1H3. The number of pyridine rings is 1. The van der Waals surface area contributed by atoms with Crippen molar-refractivity contribution in [1.29, 1.82) is 0 Å². The topological polar surface area (TPSA) is 51.7 Å². The van der Waals surface area contributed by atoms with Gasteiger partial charge in [0, 0.05) is 19.3 Å². The SMILES string of the molecule is CCOC(=O)c1cccnc1N1CCC(OC2CCCCC2)CC1. The fraction of sp³-hybridized carbons (Fsp3) is 0.684. The lowest BCUT2D eigenvalue weighted by Gasteiger charge is -2.35. The molecule has 5 heteroatoms. The summed E-state index contributed by atoms with van der Waals surface area (Å²) in [6.45, 7) is 3.95. The van der Waals surface area contributed by atoms with E-state index in [-0.39, 0.29) is 5.97 Å². The number of ether oxygens (including phenoxy) is 2. The van der Waals surface area contributed by atoms with Gasteiger partial charge in [0.2, 0.25) is 0 Å². The summed E-state index contributed by atoms with van der Waals surface area (Å²) in [5, 5.41) is 0. The van der Waals surface area contributed by atoms with Gasteiger partial charge >= 0.3 is 5.97 Å². The molecule has 1 saturated carbocycles. The van der Waals surface area contributed by atoms with Crippen molar-refractivity contribution in [2.75, 3.05) is 24.6 Å². The quantitative estimate of drug-likeness (QED) is 0.772. The molecule has 0 unspecified atom stereocenters. The second-order valence-electron chi connectivity index (χ2n) is 6.68. The van der Waals surface area contributed by atoms with E-state index in [2.05, 4.69) is 9.88 Å². The van der Waals surface area contributed by atoms with E-state index < -0.39 is 0 Å². The molecule has 0 spiro atoms. The van der Waals surface area contributed by atoms with Crippen molar-refractivity contribution in [3.63, 3.8) is 0 Å². The number of anilines is 1. The van der Waals surface area contributed by atoms with E-state index >= 15 is 0 Å². The minimum absolute atomic E-state index is 0.291. The van der Waals surface area contributed by atoms with E-state index in [1.54, 1.807) is 18.3 Å². The number of carbonyl (C=O) groups excluding carboxylic acids is 1. The first kappa shape index (κ1) is 17.2. The van der Waals surface area contributed by atoms with Gasteiger partial charge in [-0.25, -0.2) is 9.78 Å². The normalized spacial score (nSPS) is 20.1. The zero-order valence-corrected chi connectivity index (χ0v) is 14.6. The predicted octanol–water partition coefficient (Wildman–Crippen LogP) is 3.58. The third kappa shape index (κ3) is 4.26. The first-order chi connectivity index (χ1) is 11.8. The Morgan fingerprint density at radius 2 is 1.88 bits per heavy atom. The molecule has 0 N–H and O–H groups in total. The molecule has 2 fully saturated rings. The van der Waals surface area contributed by atoms with E-state index in [9.17, 15) is 4.79 Å². The molecule has 2 aliphatic rings. The maximum atomic E-state index is 12.1. The number of rotatable bonds is 5. The van der Waals surface area contributed by atoms with Gasteiger partial charge in [-0.15, -0.1) is 0 Å². The minimum atomic E-state index is -0.291. The Kier molecular flexibility index (Phi) is 6.07. The van der Waals surface area contributed by atoms with Crippen molar-refractivity contribution in [2.24, 2.45) is 0 Å². The van der Waals surface area contributed by atoms with Gasteiger partial charge in [-0.05, 0) is 44.7 Å². The minimum Gasteiger partial charge on any atom is -0.462 e. The largest absolute Gasteiger partial charge is 0.462 e. The summed E-state index contributed by atoms with van der Waals surface area (Å²) in [5.41, 5.74) is 0.561. The molecule has 2 heterocycles. The highest BCUT2D eigenvalue weighted by molar-refractivity contribution is 5.94. The second kappa shape index (κ2) is 8.47. The molecule has 0 amide bonds. The van der Waals surface area contributed by atoms with Gasteiger partial charge in [0.05, 0.1) is 18.8 Å². The van der Waals surface area contributed by atoms with E-state index in [0.29, 0.717) is 24.4 Å². The third-order valence-electron chi connectivity index (χ3n) is 4.96. The molecule has 1 aromatic heterocycles. The molecule has 1 aliphatic heterocycles. The summed E-state index contributed by atoms with van der Waals surface area (Å²) in [7, 11) is 0. The van der Waals surface area contributed by atoms with Crippen molar-refractivity contribution < 1.29 is 14.3 Å². The molecule has 132 valence electrons. The van der Waals surface area contributed by atoms with Crippen molar-refractivity contribution in [3.8, 4) is 0 Å². The number of nitrogens with zero attached hydrogens (tertiary/aromatic N) is 2. The van der Waals surface area contributed by atoms with E-state index in [1.807, 2.05) is 6.92 Å². The summed E-state index contributed by atoms with van der Waals surface area (Å²) in [4.78, 5) is 18.7. The molecule has 24 heavy (non-hydrogen) atoms. The Morgan fingerprint density at radius 1 is 1.17 bits per heavy atom. The van der Waals surface area contributed by atoms with Crippen LogP contribution in [-0.4, -0.2) is 42.9 Å². The average Bonchev–Trinajstić information content (AvgIpc) is 2.63. The number of hydrogen-bond donors (Lipinski definition) is 0. The van der Waals surface area contributed by atoms with Crippen LogP contribution in [0.1, 0.15) is 62.2 Å². The van der Waals surface area contributed by atoms with Crippen molar-refractivity contribution in [3.05, 3.63) is 23.9 Å². The Hall–Kier alpha value is -1.62. The fourth-order valence-electron chi connectivity index (χ4n) is 3.69. The van der Waals surface area contributed by atoms with Crippen LogP contribution >= 0.6 is 0 Å². The van der Waals surface area contributed by atoms with Gasteiger partial charge in [0.1, 0.15) is 11.4 Å². The van der Waals surface area contributed by atoms with Crippen molar-refractivity contribution >= 4 is 11.8 Å². The van der Waals surface area contributed by atoms with Crippen molar-refractivity contribution in [2.45, 2.75) is 64.1 Å². The molecule has 3 rings (SSSR count). The lowest BCUT2D eigenvalue weighted by atomic mass is 9.97. The zero-order chi connectivity index (χ0) is 16.8. The van der Waals surface area contributed by atoms with E-state index in [1.165, 1.54) is 32.1 Å². The molecule has 1 saturated heterocycles. The zero-order valence-electron chi connectivity index (χ0n) is 14.6. The van der Waals surface area contributed by atoms with E-state index in [0.717, 1.165) is 31.7 Å². The average molecular weight is 332 g/mol. The molecule has 5 nitrogen and oxygen atoms in total. The second-order valence-corrected chi connectivity index (χ2v) is 6.68. The number of esters is 1. The highest BCUT2D eigenvalue weighted by Crippen LogP contribution is 2.27. The van der Waals surface area contributed by atoms with Crippen LogP contribution in [0.2, 0.25) is 0 Å². The summed E-state index contributed by atoms with van der Waals surface area (Å²) < 4.78 is 11.4. The molecule has 0 atom stereocenters. The van der Waals surface area contributed by atoms with Crippen LogP contribution < -0.4 is 4.90 Å². The van der Waals surface area contributed by atoms with Crippen LogP contribution in [-0.2, 0) is 9.47 Å². The summed E-state index contributed by atoms with van der Waals surface area (Å²) in [5.74, 6) is 0.452. The summed E-state index contributed by atoms with van der Waals surface area (Å²) in [6, 6.07) is 3.58. The number of hydrogen-bond acceptors (Lipinski definition) is 5. The van der Waals surface area contributed by atoms with Gasteiger partial charge in [-0.1, -0.05) is 19.3 Å². The number of aromatic nitrogens is 1.